The molecule has 0 saturated carbocycles. The Morgan fingerprint density at radius 1 is 1.27 bits per heavy atom. The normalized spacial score (nSPS) is 11.1. The van der Waals surface area contributed by atoms with Gasteiger partial charge >= 0.3 is 0 Å². The summed E-state index contributed by atoms with van der Waals surface area (Å²) in [4.78, 5) is 12.6. The number of hydrogen-bond acceptors (Lipinski definition) is 5. The van der Waals surface area contributed by atoms with Crippen LogP contribution >= 0.6 is 23.4 Å². The molecule has 3 aromatic rings. The van der Waals surface area contributed by atoms with E-state index in [4.69, 9.17) is 16.0 Å². The molecule has 0 fully saturated rings. The maximum Gasteiger partial charge on any atom is 0.277 e. The van der Waals surface area contributed by atoms with Gasteiger partial charge in [0, 0.05) is 34.1 Å². The van der Waals surface area contributed by atoms with Gasteiger partial charge in [-0.15, -0.1) is 10.2 Å². The molecule has 5 nitrogen and oxygen atoms in total. The molecule has 136 valence electrons. The fourth-order valence-corrected chi connectivity index (χ4v) is 3.70. The number of hydrogen-bond donors (Lipinski definition) is 0. The minimum Gasteiger partial charge on any atom is -0.411 e. The number of aromatic nitrogens is 3. The number of benzene rings is 1. The predicted molar refractivity (Wildman–Crippen MR) is 104 cm³/mol. The van der Waals surface area contributed by atoms with E-state index in [2.05, 4.69) is 21.7 Å². The summed E-state index contributed by atoms with van der Waals surface area (Å²) in [6.45, 7) is 7.07. The zero-order valence-electron chi connectivity index (χ0n) is 15.0. The van der Waals surface area contributed by atoms with Crippen molar-refractivity contribution in [3.05, 3.63) is 52.3 Å². The van der Waals surface area contributed by atoms with Crippen molar-refractivity contribution in [3.63, 3.8) is 0 Å². The van der Waals surface area contributed by atoms with Crippen molar-refractivity contribution in [2.75, 3.05) is 5.75 Å². The molecule has 1 aromatic carbocycles. The quantitative estimate of drug-likeness (QED) is 0.411. The van der Waals surface area contributed by atoms with E-state index in [0.29, 0.717) is 16.1 Å². The summed E-state index contributed by atoms with van der Waals surface area (Å²) < 4.78 is 7.82. The summed E-state index contributed by atoms with van der Waals surface area (Å²) in [6.07, 6.45) is 1.03. The SMILES string of the molecule is CCCn1c(C)cc(C(=O)CSc2nnc(-c3cccc(Cl)c3)o2)c1C. The van der Waals surface area contributed by atoms with Crippen LogP contribution in [0.3, 0.4) is 0 Å². The number of rotatable bonds is 7. The molecule has 0 N–H and O–H groups in total. The zero-order chi connectivity index (χ0) is 18.7. The number of halogens is 1. The van der Waals surface area contributed by atoms with Gasteiger partial charge in [-0.1, -0.05) is 36.4 Å². The van der Waals surface area contributed by atoms with Crippen LogP contribution in [0.2, 0.25) is 5.02 Å². The van der Waals surface area contributed by atoms with E-state index < -0.39 is 0 Å². The fraction of sp³-hybridized carbons (Fsp3) is 0.316. The highest BCUT2D eigenvalue weighted by Crippen LogP contribution is 2.26. The van der Waals surface area contributed by atoms with Crippen LogP contribution in [0.25, 0.3) is 11.5 Å². The number of Topliss-reactive ketones (excluding diaryl/α,β-unsaturated/α-hetero) is 1. The van der Waals surface area contributed by atoms with Crippen LogP contribution in [-0.4, -0.2) is 26.3 Å². The Bertz CT molecular complexity index is 933. The average molecular weight is 390 g/mol. The minimum atomic E-state index is 0.0629. The van der Waals surface area contributed by atoms with E-state index >= 15 is 0 Å². The third kappa shape index (κ3) is 4.02. The van der Waals surface area contributed by atoms with Crippen molar-refractivity contribution in [1.82, 2.24) is 14.8 Å². The van der Waals surface area contributed by atoms with E-state index in [-0.39, 0.29) is 11.5 Å². The Morgan fingerprint density at radius 2 is 2.08 bits per heavy atom. The van der Waals surface area contributed by atoms with Crippen LogP contribution in [-0.2, 0) is 6.54 Å². The molecule has 0 amide bonds. The van der Waals surface area contributed by atoms with Crippen molar-refractivity contribution >= 4 is 29.1 Å². The second kappa shape index (κ2) is 8.10. The van der Waals surface area contributed by atoms with Gasteiger partial charge in [0.05, 0.1) is 5.75 Å². The van der Waals surface area contributed by atoms with Crippen molar-refractivity contribution in [1.29, 1.82) is 0 Å². The number of thioether (sulfide) groups is 1. The Kier molecular flexibility index (Phi) is 5.84. The van der Waals surface area contributed by atoms with Crippen molar-refractivity contribution < 1.29 is 9.21 Å². The molecule has 0 aliphatic carbocycles. The van der Waals surface area contributed by atoms with Gasteiger partial charge in [-0.05, 0) is 44.5 Å². The minimum absolute atomic E-state index is 0.0629. The molecule has 0 saturated heterocycles. The van der Waals surface area contributed by atoms with Crippen LogP contribution in [0.15, 0.2) is 40.0 Å². The third-order valence-electron chi connectivity index (χ3n) is 4.13. The van der Waals surface area contributed by atoms with Crippen LogP contribution < -0.4 is 0 Å². The molecule has 0 radical (unpaired) electrons. The predicted octanol–water partition coefficient (Wildman–Crippen LogP) is 5.19. The number of carbonyl (C=O) groups is 1. The van der Waals surface area contributed by atoms with E-state index in [1.54, 1.807) is 12.1 Å². The first-order chi connectivity index (χ1) is 12.5. The van der Waals surface area contributed by atoms with Gasteiger partial charge in [0.25, 0.3) is 5.22 Å². The van der Waals surface area contributed by atoms with E-state index in [1.165, 1.54) is 11.8 Å². The largest absolute Gasteiger partial charge is 0.411 e. The first-order valence-electron chi connectivity index (χ1n) is 8.41. The average Bonchev–Trinajstić information content (AvgIpc) is 3.20. The monoisotopic (exact) mass is 389 g/mol. The lowest BCUT2D eigenvalue weighted by atomic mass is 10.2. The highest BCUT2D eigenvalue weighted by atomic mass is 35.5. The van der Waals surface area contributed by atoms with Gasteiger partial charge in [-0.25, -0.2) is 0 Å². The topological polar surface area (TPSA) is 60.9 Å². The van der Waals surface area contributed by atoms with Crippen LogP contribution in [0.1, 0.15) is 35.1 Å². The molecule has 26 heavy (non-hydrogen) atoms. The lowest BCUT2D eigenvalue weighted by Crippen LogP contribution is -2.06. The third-order valence-corrected chi connectivity index (χ3v) is 5.18. The summed E-state index contributed by atoms with van der Waals surface area (Å²) in [7, 11) is 0. The molecule has 2 aromatic heterocycles. The Hall–Kier alpha value is -2.05. The van der Waals surface area contributed by atoms with E-state index in [9.17, 15) is 4.79 Å². The number of carbonyl (C=O) groups excluding carboxylic acids is 1. The lowest BCUT2D eigenvalue weighted by Gasteiger charge is -2.07. The van der Waals surface area contributed by atoms with Gasteiger partial charge in [0.1, 0.15) is 0 Å². The van der Waals surface area contributed by atoms with E-state index in [0.717, 1.165) is 35.5 Å². The first kappa shape index (κ1) is 18.7. The molecule has 0 aliphatic rings. The molecular formula is C19H20ClN3O2S. The summed E-state index contributed by atoms with van der Waals surface area (Å²) in [5, 5.41) is 9.01. The van der Waals surface area contributed by atoms with Gasteiger partial charge in [-0.2, -0.15) is 0 Å². The molecular weight excluding hydrogens is 370 g/mol. The standard InChI is InChI=1S/C19H20ClN3O2S/c1-4-8-23-12(2)9-16(13(23)3)17(24)11-26-19-22-21-18(25-19)14-6-5-7-15(20)10-14/h5-7,9-10H,4,8,11H2,1-3H3. The number of nitrogens with zero attached hydrogens (tertiary/aromatic N) is 3. The number of aryl methyl sites for hydroxylation is 1. The Morgan fingerprint density at radius 3 is 2.81 bits per heavy atom. The summed E-state index contributed by atoms with van der Waals surface area (Å²) in [6, 6.07) is 9.17. The van der Waals surface area contributed by atoms with Crippen LogP contribution in [0.5, 0.6) is 0 Å². The highest BCUT2D eigenvalue weighted by Gasteiger charge is 2.17. The van der Waals surface area contributed by atoms with Crippen molar-refractivity contribution in [3.8, 4) is 11.5 Å². The summed E-state index contributed by atoms with van der Waals surface area (Å²) >= 11 is 7.23. The van der Waals surface area contributed by atoms with Crippen LogP contribution in [0.4, 0.5) is 0 Å². The summed E-state index contributed by atoms with van der Waals surface area (Å²) in [5.74, 6) is 0.713. The highest BCUT2D eigenvalue weighted by molar-refractivity contribution is 7.99. The fourth-order valence-electron chi connectivity index (χ4n) is 2.86. The van der Waals surface area contributed by atoms with E-state index in [1.807, 2.05) is 32.0 Å². The molecule has 2 heterocycles. The maximum atomic E-state index is 12.6. The maximum absolute atomic E-state index is 12.6. The van der Waals surface area contributed by atoms with Crippen molar-refractivity contribution in [2.24, 2.45) is 0 Å². The first-order valence-corrected chi connectivity index (χ1v) is 9.78. The molecule has 0 atom stereocenters. The molecule has 0 unspecified atom stereocenters. The Balaban J connectivity index is 1.68. The smallest absolute Gasteiger partial charge is 0.277 e. The van der Waals surface area contributed by atoms with Crippen LogP contribution in [0, 0.1) is 13.8 Å². The number of ketones is 1. The molecule has 0 bridgehead atoms. The second-order valence-corrected chi connectivity index (χ2v) is 7.39. The van der Waals surface area contributed by atoms with Gasteiger partial charge < -0.3 is 8.98 Å². The molecule has 0 spiro atoms. The van der Waals surface area contributed by atoms with Gasteiger partial charge in [0.15, 0.2) is 5.78 Å². The zero-order valence-corrected chi connectivity index (χ0v) is 16.5. The summed E-state index contributed by atoms with van der Waals surface area (Å²) in [5.41, 5.74) is 3.64. The molecule has 0 aliphatic heterocycles. The van der Waals surface area contributed by atoms with Crippen molar-refractivity contribution in [2.45, 2.75) is 39.0 Å². The second-order valence-electron chi connectivity index (χ2n) is 6.03. The lowest BCUT2D eigenvalue weighted by molar-refractivity contribution is 0.102. The Labute approximate surface area is 161 Å². The van der Waals surface area contributed by atoms with Gasteiger partial charge in [0.2, 0.25) is 5.89 Å². The van der Waals surface area contributed by atoms with Gasteiger partial charge in [-0.3, -0.25) is 4.79 Å². The molecule has 3 rings (SSSR count). The molecule has 7 heteroatoms.